The number of hydrogen-bond donors (Lipinski definition) is 2. The van der Waals surface area contributed by atoms with E-state index in [1.807, 2.05) is 0 Å². The fourth-order valence-corrected chi connectivity index (χ4v) is 1.96. The quantitative estimate of drug-likeness (QED) is 0.860. The van der Waals surface area contributed by atoms with E-state index in [0.29, 0.717) is 33.2 Å². The van der Waals surface area contributed by atoms with Gasteiger partial charge in [0.15, 0.2) is 0 Å². The fourth-order valence-electron chi connectivity index (χ4n) is 1.62. The van der Waals surface area contributed by atoms with Crippen molar-refractivity contribution in [3.63, 3.8) is 0 Å². The summed E-state index contributed by atoms with van der Waals surface area (Å²) < 4.78 is 0. The van der Waals surface area contributed by atoms with Crippen molar-refractivity contribution in [1.29, 1.82) is 0 Å². The average Bonchev–Trinajstić information content (AvgIpc) is 2.49. The van der Waals surface area contributed by atoms with Crippen LogP contribution in [0.5, 0.6) is 0 Å². The Balaban J connectivity index is 2.05. The van der Waals surface area contributed by atoms with Crippen molar-refractivity contribution in [2.24, 2.45) is 5.92 Å². The van der Waals surface area contributed by atoms with Crippen molar-refractivity contribution in [2.75, 3.05) is 17.2 Å². The summed E-state index contributed by atoms with van der Waals surface area (Å²) in [6, 6.07) is 4.86. The standard InChI is InChI=1S/C15H16Cl2N4O/c1-9(2)6-18-15-19-7-10(8-20-15)14(22)21-13-5-11(16)3-4-12(13)17/h3-5,7-9H,6H2,1-2H3,(H,21,22)(H,18,19,20). The number of carbonyl (C=O) groups is 1. The summed E-state index contributed by atoms with van der Waals surface area (Å²) in [5, 5.41) is 6.67. The Bertz CT molecular complexity index is 659. The Hall–Kier alpha value is -1.85. The summed E-state index contributed by atoms with van der Waals surface area (Å²) >= 11 is 11.9. The molecule has 0 radical (unpaired) electrons. The number of rotatable bonds is 5. The minimum atomic E-state index is -0.348. The first-order chi connectivity index (χ1) is 10.5. The lowest BCUT2D eigenvalue weighted by Crippen LogP contribution is -2.15. The monoisotopic (exact) mass is 338 g/mol. The number of anilines is 2. The van der Waals surface area contributed by atoms with Gasteiger partial charge in [-0.3, -0.25) is 4.79 Å². The lowest BCUT2D eigenvalue weighted by atomic mass is 10.2. The van der Waals surface area contributed by atoms with Gasteiger partial charge in [0.1, 0.15) is 0 Å². The summed E-state index contributed by atoms with van der Waals surface area (Å²) in [5.74, 6) is 0.627. The third-order valence-corrected chi connectivity index (χ3v) is 3.32. The van der Waals surface area contributed by atoms with Crippen LogP contribution in [0.3, 0.4) is 0 Å². The Morgan fingerprint density at radius 3 is 2.55 bits per heavy atom. The second-order valence-electron chi connectivity index (χ2n) is 5.15. The number of halogens is 2. The molecule has 0 aliphatic rings. The number of nitrogens with one attached hydrogen (secondary N) is 2. The second kappa shape index (κ2) is 7.42. The summed E-state index contributed by atoms with van der Waals surface area (Å²) in [6.45, 7) is 4.94. The normalized spacial score (nSPS) is 10.6. The minimum Gasteiger partial charge on any atom is -0.354 e. The highest BCUT2D eigenvalue weighted by Gasteiger charge is 2.10. The molecule has 1 heterocycles. The van der Waals surface area contributed by atoms with Crippen LogP contribution in [0.15, 0.2) is 30.6 Å². The predicted octanol–water partition coefficient (Wildman–Crippen LogP) is 4.10. The molecule has 0 aliphatic heterocycles. The van der Waals surface area contributed by atoms with Crippen molar-refractivity contribution in [3.05, 3.63) is 46.2 Å². The molecule has 116 valence electrons. The molecule has 1 aromatic heterocycles. The van der Waals surface area contributed by atoms with Crippen LogP contribution in [0.2, 0.25) is 10.0 Å². The van der Waals surface area contributed by atoms with Gasteiger partial charge in [0, 0.05) is 24.0 Å². The maximum Gasteiger partial charge on any atom is 0.258 e. The highest BCUT2D eigenvalue weighted by molar-refractivity contribution is 6.35. The van der Waals surface area contributed by atoms with Crippen molar-refractivity contribution in [2.45, 2.75) is 13.8 Å². The third-order valence-electron chi connectivity index (χ3n) is 2.76. The van der Waals surface area contributed by atoms with Gasteiger partial charge < -0.3 is 10.6 Å². The number of amides is 1. The van der Waals surface area contributed by atoms with Crippen LogP contribution >= 0.6 is 23.2 Å². The van der Waals surface area contributed by atoms with E-state index in [9.17, 15) is 4.79 Å². The molecule has 2 rings (SSSR count). The molecule has 1 amide bonds. The Kier molecular flexibility index (Phi) is 5.57. The number of nitrogens with zero attached hydrogens (tertiary/aromatic N) is 2. The van der Waals surface area contributed by atoms with Gasteiger partial charge in [-0.15, -0.1) is 0 Å². The lowest BCUT2D eigenvalue weighted by molar-refractivity contribution is 0.102. The first-order valence-electron chi connectivity index (χ1n) is 6.78. The van der Waals surface area contributed by atoms with Gasteiger partial charge in [0.05, 0.1) is 16.3 Å². The molecule has 0 atom stereocenters. The van der Waals surface area contributed by atoms with Crippen molar-refractivity contribution >= 4 is 40.7 Å². The number of hydrogen-bond acceptors (Lipinski definition) is 4. The van der Waals surface area contributed by atoms with Crippen LogP contribution in [0, 0.1) is 5.92 Å². The molecule has 2 aromatic rings. The molecule has 1 aromatic carbocycles. The van der Waals surface area contributed by atoms with E-state index in [4.69, 9.17) is 23.2 Å². The predicted molar refractivity (Wildman–Crippen MR) is 89.8 cm³/mol. The topological polar surface area (TPSA) is 66.9 Å². The summed E-state index contributed by atoms with van der Waals surface area (Å²) in [5.41, 5.74) is 0.785. The largest absolute Gasteiger partial charge is 0.354 e. The van der Waals surface area contributed by atoms with Gasteiger partial charge in [-0.1, -0.05) is 37.0 Å². The Labute approximate surface area is 139 Å². The number of benzene rings is 1. The maximum absolute atomic E-state index is 12.1. The molecule has 0 aliphatic carbocycles. The fraction of sp³-hybridized carbons (Fsp3) is 0.267. The van der Waals surface area contributed by atoms with E-state index in [1.54, 1.807) is 18.2 Å². The zero-order valence-electron chi connectivity index (χ0n) is 12.2. The van der Waals surface area contributed by atoms with E-state index in [0.717, 1.165) is 6.54 Å². The van der Waals surface area contributed by atoms with Gasteiger partial charge in [0.25, 0.3) is 5.91 Å². The smallest absolute Gasteiger partial charge is 0.258 e. The molecule has 0 bridgehead atoms. The van der Waals surface area contributed by atoms with E-state index in [-0.39, 0.29) is 5.91 Å². The van der Waals surface area contributed by atoms with E-state index in [1.165, 1.54) is 12.4 Å². The van der Waals surface area contributed by atoms with Gasteiger partial charge >= 0.3 is 0 Å². The van der Waals surface area contributed by atoms with E-state index in [2.05, 4.69) is 34.4 Å². The van der Waals surface area contributed by atoms with E-state index >= 15 is 0 Å². The zero-order valence-corrected chi connectivity index (χ0v) is 13.7. The van der Waals surface area contributed by atoms with Crippen molar-refractivity contribution in [1.82, 2.24) is 9.97 Å². The zero-order chi connectivity index (χ0) is 16.1. The molecule has 0 saturated carbocycles. The molecule has 0 fully saturated rings. The molecule has 0 spiro atoms. The van der Waals surface area contributed by atoms with Crippen LogP contribution in [0.1, 0.15) is 24.2 Å². The van der Waals surface area contributed by atoms with E-state index < -0.39 is 0 Å². The molecule has 2 N–H and O–H groups in total. The summed E-state index contributed by atoms with van der Waals surface area (Å²) in [7, 11) is 0. The van der Waals surface area contributed by atoms with Crippen LogP contribution in [-0.2, 0) is 0 Å². The molecule has 5 nitrogen and oxygen atoms in total. The van der Waals surface area contributed by atoms with Gasteiger partial charge in [-0.25, -0.2) is 9.97 Å². The first-order valence-corrected chi connectivity index (χ1v) is 7.53. The van der Waals surface area contributed by atoms with Gasteiger partial charge in [-0.05, 0) is 24.1 Å². The van der Waals surface area contributed by atoms with Crippen LogP contribution < -0.4 is 10.6 Å². The second-order valence-corrected chi connectivity index (χ2v) is 5.99. The summed E-state index contributed by atoms with van der Waals surface area (Å²) in [4.78, 5) is 20.4. The first kappa shape index (κ1) is 16.5. The maximum atomic E-state index is 12.1. The van der Waals surface area contributed by atoms with Gasteiger partial charge in [0.2, 0.25) is 5.95 Å². The average molecular weight is 339 g/mol. The van der Waals surface area contributed by atoms with Crippen molar-refractivity contribution in [3.8, 4) is 0 Å². The molecule has 0 unspecified atom stereocenters. The summed E-state index contributed by atoms with van der Waals surface area (Å²) in [6.07, 6.45) is 2.92. The highest BCUT2D eigenvalue weighted by Crippen LogP contribution is 2.25. The SMILES string of the molecule is CC(C)CNc1ncc(C(=O)Nc2cc(Cl)ccc2Cl)cn1. The molecule has 22 heavy (non-hydrogen) atoms. The molecular weight excluding hydrogens is 323 g/mol. The molecule has 0 saturated heterocycles. The van der Waals surface area contributed by atoms with Crippen LogP contribution in [-0.4, -0.2) is 22.4 Å². The van der Waals surface area contributed by atoms with Gasteiger partial charge in [-0.2, -0.15) is 0 Å². The Morgan fingerprint density at radius 1 is 1.23 bits per heavy atom. The lowest BCUT2D eigenvalue weighted by Gasteiger charge is -2.09. The third kappa shape index (κ3) is 4.58. The highest BCUT2D eigenvalue weighted by atomic mass is 35.5. The van der Waals surface area contributed by atoms with Crippen LogP contribution in [0.25, 0.3) is 0 Å². The number of carbonyl (C=O) groups excluding carboxylic acids is 1. The van der Waals surface area contributed by atoms with Crippen molar-refractivity contribution < 1.29 is 4.79 Å². The molecule has 7 heteroatoms. The Morgan fingerprint density at radius 2 is 1.91 bits per heavy atom. The minimum absolute atomic E-state index is 0.339. The number of aromatic nitrogens is 2. The van der Waals surface area contributed by atoms with Crippen LogP contribution in [0.4, 0.5) is 11.6 Å². The molecular formula is C15H16Cl2N4O.